The molecule has 1 aromatic carbocycles. The van der Waals surface area contributed by atoms with Crippen molar-refractivity contribution in [2.75, 3.05) is 19.8 Å². The van der Waals surface area contributed by atoms with E-state index in [-0.39, 0.29) is 16.7 Å². The van der Waals surface area contributed by atoms with Gasteiger partial charge in [0.25, 0.3) is 5.91 Å². The molecule has 2 heterocycles. The van der Waals surface area contributed by atoms with Crippen LogP contribution >= 0.6 is 11.6 Å². The van der Waals surface area contributed by atoms with Gasteiger partial charge < -0.3 is 19.6 Å². The fourth-order valence-corrected chi connectivity index (χ4v) is 3.85. The zero-order valence-electron chi connectivity index (χ0n) is 15.1. The van der Waals surface area contributed by atoms with Gasteiger partial charge >= 0.3 is 5.97 Å². The van der Waals surface area contributed by atoms with Crippen LogP contribution in [0.25, 0.3) is 0 Å². The zero-order chi connectivity index (χ0) is 19.4. The molecule has 0 radical (unpaired) electrons. The van der Waals surface area contributed by atoms with Crippen LogP contribution in [0, 0.1) is 0 Å². The Morgan fingerprint density at radius 3 is 2.56 bits per heavy atom. The molecule has 0 unspecified atom stereocenters. The highest BCUT2D eigenvalue weighted by atomic mass is 35.5. The van der Waals surface area contributed by atoms with Crippen LogP contribution in [0.1, 0.15) is 52.0 Å². The number of halogens is 1. The molecule has 0 aliphatic carbocycles. The average Bonchev–Trinajstić information content (AvgIpc) is 3.12. The van der Waals surface area contributed by atoms with Crippen molar-refractivity contribution in [2.24, 2.45) is 0 Å². The van der Waals surface area contributed by atoms with Gasteiger partial charge in [-0.3, -0.25) is 4.79 Å². The topological polar surface area (TPSA) is 88.8 Å². The quantitative estimate of drug-likeness (QED) is 0.784. The fraction of sp³-hybridized carbons (Fsp3) is 0.400. The van der Waals surface area contributed by atoms with Gasteiger partial charge in [-0.05, 0) is 24.5 Å². The molecule has 0 atom stereocenters. The number of benzene rings is 1. The van der Waals surface area contributed by atoms with E-state index in [1.54, 1.807) is 6.92 Å². The lowest BCUT2D eigenvalue weighted by Crippen LogP contribution is -2.44. The molecule has 0 bridgehead atoms. The van der Waals surface area contributed by atoms with Gasteiger partial charge in [-0.1, -0.05) is 36.7 Å². The number of carbonyl (C=O) groups excluding carboxylic acids is 1. The second-order valence-electron chi connectivity index (χ2n) is 6.66. The predicted molar refractivity (Wildman–Crippen MR) is 101 cm³/mol. The summed E-state index contributed by atoms with van der Waals surface area (Å²) in [4.78, 5) is 23.9. The molecule has 6 nitrogen and oxygen atoms in total. The maximum atomic E-state index is 12.6. The monoisotopic (exact) mass is 391 g/mol. The third-order valence-corrected chi connectivity index (χ3v) is 5.40. The number of amides is 1. The summed E-state index contributed by atoms with van der Waals surface area (Å²) in [6.45, 7) is 3.32. The highest BCUT2D eigenvalue weighted by Gasteiger charge is 2.36. The van der Waals surface area contributed by atoms with Crippen molar-refractivity contribution in [1.29, 1.82) is 0 Å². The Bertz CT molecular complexity index is 839. The summed E-state index contributed by atoms with van der Waals surface area (Å²) in [5.41, 5.74) is 0.673. The van der Waals surface area contributed by atoms with Crippen molar-refractivity contribution < 1.29 is 23.8 Å². The summed E-state index contributed by atoms with van der Waals surface area (Å²) in [6.07, 6.45) is 1.86. The Balaban J connectivity index is 1.81. The minimum Gasteiger partial charge on any atom is -0.478 e. The van der Waals surface area contributed by atoms with Crippen molar-refractivity contribution in [3.8, 4) is 0 Å². The number of aromatic carboxylic acids is 1. The van der Waals surface area contributed by atoms with Crippen LogP contribution < -0.4 is 5.32 Å². The van der Waals surface area contributed by atoms with Gasteiger partial charge in [-0.15, -0.1) is 0 Å². The van der Waals surface area contributed by atoms with Crippen LogP contribution in [0.2, 0.25) is 5.02 Å². The van der Waals surface area contributed by atoms with E-state index in [2.05, 4.69) is 5.32 Å². The van der Waals surface area contributed by atoms with Crippen LogP contribution in [-0.4, -0.2) is 36.7 Å². The summed E-state index contributed by atoms with van der Waals surface area (Å²) >= 11 is 6.42. The highest BCUT2D eigenvalue weighted by Crippen LogP contribution is 2.38. The van der Waals surface area contributed by atoms with E-state index < -0.39 is 11.9 Å². The van der Waals surface area contributed by atoms with E-state index in [0.29, 0.717) is 37.0 Å². The molecule has 2 aromatic rings. The van der Waals surface area contributed by atoms with Gasteiger partial charge in [-0.2, -0.15) is 0 Å². The average molecular weight is 392 g/mol. The van der Waals surface area contributed by atoms with Crippen molar-refractivity contribution in [1.82, 2.24) is 5.32 Å². The molecule has 1 aliphatic heterocycles. The standard InChI is InChI=1S/C20H22ClNO5/c1-2-16-13(19(24)25)11-17(27-16)18(23)22-12-20(7-9-26-10-8-20)14-5-3-4-6-15(14)21/h3-6,11H,2,7-10,12H2,1H3,(H,22,23)(H,24,25). The van der Waals surface area contributed by atoms with Crippen LogP contribution in [0.4, 0.5) is 0 Å². The highest BCUT2D eigenvalue weighted by molar-refractivity contribution is 6.31. The van der Waals surface area contributed by atoms with E-state index in [1.165, 1.54) is 6.07 Å². The van der Waals surface area contributed by atoms with Gasteiger partial charge in [0.1, 0.15) is 11.3 Å². The van der Waals surface area contributed by atoms with Gasteiger partial charge in [0.15, 0.2) is 5.76 Å². The molecule has 2 N–H and O–H groups in total. The fourth-order valence-electron chi connectivity index (χ4n) is 3.52. The number of ether oxygens (including phenoxy) is 1. The Hall–Kier alpha value is -2.31. The Labute approximate surface area is 162 Å². The summed E-state index contributed by atoms with van der Waals surface area (Å²) in [5.74, 6) is -1.24. The number of rotatable bonds is 6. The molecule has 0 spiro atoms. The predicted octanol–water partition coefficient (Wildman–Crippen LogP) is 3.67. The number of furan rings is 1. The Morgan fingerprint density at radius 2 is 1.96 bits per heavy atom. The molecule has 1 amide bonds. The SMILES string of the molecule is CCc1oc(C(=O)NCC2(c3ccccc3Cl)CCOCC2)cc1C(=O)O. The summed E-state index contributed by atoms with van der Waals surface area (Å²) in [5, 5.41) is 12.8. The number of carboxylic acids is 1. The third kappa shape index (κ3) is 4.01. The maximum absolute atomic E-state index is 12.6. The molecular formula is C20H22ClNO5. The zero-order valence-corrected chi connectivity index (χ0v) is 15.8. The number of hydrogen-bond acceptors (Lipinski definition) is 4. The lowest BCUT2D eigenvalue weighted by atomic mass is 9.74. The lowest BCUT2D eigenvalue weighted by molar-refractivity contribution is 0.0485. The first-order valence-corrected chi connectivity index (χ1v) is 9.31. The minimum atomic E-state index is -1.10. The second kappa shape index (κ2) is 8.15. The summed E-state index contributed by atoms with van der Waals surface area (Å²) < 4.78 is 10.9. The first kappa shape index (κ1) is 19.5. The largest absolute Gasteiger partial charge is 0.478 e. The van der Waals surface area contributed by atoms with Gasteiger partial charge in [0.05, 0.1) is 0 Å². The van der Waals surface area contributed by atoms with Crippen LogP contribution in [0.5, 0.6) is 0 Å². The summed E-state index contributed by atoms with van der Waals surface area (Å²) in [6, 6.07) is 8.90. The third-order valence-electron chi connectivity index (χ3n) is 5.07. The van der Waals surface area contributed by atoms with Crippen molar-refractivity contribution in [3.63, 3.8) is 0 Å². The van der Waals surface area contributed by atoms with Gasteiger partial charge in [0.2, 0.25) is 0 Å². The smallest absolute Gasteiger partial charge is 0.339 e. The normalized spacial score (nSPS) is 16.1. The molecule has 1 fully saturated rings. The Morgan fingerprint density at radius 1 is 1.26 bits per heavy atom. The molecule has 3 rings (SSSR count). The van der Waals surface area contributed by atoms with Gasteiger partial charge in [-0.25, -0.2) is 4.79 Å². The molecule has 1 saturated heterocycles. The molecule has 7 heteroatoms. The van der Waals surface area contributed by atoms with E-state index >= 15 is 0 Å². The number of carbonyl (C=O) groups is 2. The molecule has 27 heavy (non-hydrogen) atoms. The number of nitrogens with one attached hydrogen (secondary N) is 1. The van der Waals surface area contributed by atoms with Crippen LogP contribution in [-0.2, 0) is 16.6 Å². The molecule has 144 valence electrons. The van der Waals surface area contributed by atoms with Gasteiger partial charge in [0, 0.05) is 42.7 Å². The first-order chi connectivity index (χ1) is 13.0. The number of aryl methyl sites for hydroxylation is 1. The van der Waals surface area contributed by atoms with Crippen molar-refractivity contribution >= 4 is 23.5 Å². The van der Waals surface area contributed by atoms with E-state index in [0.717, 1.165) is 18.4 Å². The first-order valence-electron chi connectivity index (χ1n) is 8.94. The lowest BCUT2D eigenvalue weighted by Gasteiger charge is -2.38. The summed E-state index contributed by atoms with van der Waals surface area (Å²) in [7, 11) is 0. The Kier molecular flexibility index (Phi) is 5.87. The number of carboxylic acid groups (broad SMARTS) is 1. The van der Waals surface area contributed by atoms with Crippen LogP contribution in [0.3, 0.4) is 0 Å². The minimum absolute atomic E-state index is 0.00520. The van der Waals surface area contributed by atoms with E-state index in [9.17, 15) is 14.7 Å². The maximum Gasteiger partial charge on any atom is 0.339 e. The van der Waals surface area contributed by atoms with Crippen molar-refractivity contribution in [2.45, 2.75) is 31.6 Å². The molecule has 1 aromatic heterocycles. The number of hydrogen-bond donors (Lipinski definition) is 2. The molecule has 1 aliphatic rings. The van der Waals surface area contributed by atoms with E-state index in [1.807, 2.05) is 24.3 Å². The second-order valence-corrected chi connectivity index (χ2v) is 7.07. The molecular weight excluding hydrogens is 370 g/mol. The van der Waals surface area contributed by atoms with E-state index in [4.69, 9.17) is 20.8 Å². The molecule has 0 saturated carbocycles. The van der Waals surface area contributed by atoms with Crippen LogP contribution in [0.15, 0.2) is 34.7 Å². The van der Waals surface area contributed by atoms with Crippen molar-refractivity contribution in [3.05, 3.63) is 58.0 Å².